The van der Waals surface area contributed by atoms with Crippen molar-refractivity contribution < 1.29 is 0 Å². The number of para-hydroxylation sites is 2. The van der Waals surface area contributed by atoms with Crippen LogP contribution in [0.15, 0.2) is 413 Å². The van der Waals surface area contributed by atoms with Crippen LogP contribution in [0.3, 0.4) is 0 Å². The minimum Gasteiger partial charge on any atom is -0.244 e. The molecular formula is C123H86N6. The molecule has 0 spiro atoms. The molecular weight excluding hydrogens is 1560 g/mol. The number of fused-ring (bicyclic) bond motifs is 21. The van der Waals surface area contributed by atoms with E-state index in [9.17, 15) is 0 Å². The Bertz CT molecular complexity index is 8490. The van der Waals surface area contributed by atoms with Crippen LogP contribution in [-0.4, -0.2) is 29.9 Å². The maximum absolute atomic E-state index is 5.35. The summed E-state index contributed by atoms with van der Waals surface area (Å²) in [6.07, 6.45) is 0. The Labute approximate surface area is 749 Å². The lowest BCUT2D eigenvalue weighted by Crippen LogP contribution is -2.15. The summed E-state index contributed by atoms with van der Waals surface area (Å²) in [5.41, 5.74) is 36.0. The van der Waals surface area contributed by atoms with E-state index in [-0.39, 0.29) is 16.2 Å². The molecule has 3 aliphatic carbocycles. The van der Waals surface area contributed by atoms with Crippen LogP contribution in [0.1, 0.15) is 74.9 Å². The fourth-order valence-corrected chi connectivity index (χ4v) is 21.0. The summed E-state index contributed by atoms with van der Waals surface area (Å²) in [5, 5.41) is 16.4. The average molecular weight is 1650 g/mol. The summed E-state index contributed by atoms with van der Waals surface area (Å²) in [6, 6.07) is 148. The second kappa shape index (κ2) is 30.1. The van der Waals surface area contributed by atoms with Gasteiger partial charge in [0.1, 0.15) is 0 Å². The van der Waals surface area contributed by atoms with Crippen molar-refractivity contribution in [1.82, 2.24) is 29.9 Å². The van der Waals surface area contributed by atoms with Crippen LogP contribution >= 0.6 is 0 Å². The lowest BCUT2D eigenvalue weighted by Gasteiger charge is -2.22. The van der Waals surface area contributed by atoms with E-state index in [4.69, 9.17) is 29.9 Å². The van der Waals surface area contributed by atoms with Gasteiger partial charge in [-0.3, -0.25) is 0 Å². The maximum Gasteiger partial charge on any atom is 0.160 e. The van der Waals surface area contributed by atoms with E-state index in [2.05, 4.69) is 430 Å². The van der Waals surface area contributed by atoms with Gasteiger partial charge in [0.05, 0.1) is 56.1 Å². The minimum atomic E-state index is -0.132. The van der Waals surface area contributed by atoms with Gasteiger partial charge in [0.2, 0.25) is 0 Å². The SMILES string of the molecule is CC1(C)c2cc(-c3ccc4nc(-c5ccccc5)c(-c5ccccc5)nc4c3)ccc2-c2cc3ccccc3cc21.CC1(C)c2cc(-c3cccc4nc(-c5ccccc5)c(-c5ccccc5)nc34)ccc2-c2cc3ccccc3cc21.CC1(C)c2cc(-c3nc(-c4ccc5c6ccccc6c6ccccc6c5c4)c4ccccc4n3)ccc2-c2cc3ccccc3cc21. The molecule has 129 heavy (non-hydrogen) atoms. The highest BCUT2D eigenvalue weighted by atomic mass is 14.9. The molecule has 0 atom stereocenters. The van der Waals surface area contributed by atoms with Gasteiger partial charge in [-0.15, -0.1) is 0 Å². The highest BCUT2D eigenvalue weighted by Gasteiger charge is 2.40. The second-order valence-corrected chi connectivity index (χ2v) is 36.3. The second-order valence-electron chi connectivity index (χ2n) is 36.3. The molecule has 0 radical (unpaired) electrons. The molecule has 0 bridgehead atoms. The van der Waals surface area contributed by atoms with Gasteiger partial charge in [0.25, 0.3) is 0 Å². The van der Waals surface area contributed by atoms with Crippen molar-refractivity contribution in [2.45, 2.75) is 57.8 Å². The zero-order chi connectivity index (χ0) is 86.4. The van der Waals surface area contributed by atoms with Crippen LogP contribution in [0.5, 0.6) is 0 Å². The van der Waals surface area contributed by atoms with Crippen molar-refractivity contribution in [3.8, 4) is 123 Å². The Hall–Kier alpha value is -16.0. The molecule has 0 unspecified atom stereocenters. The number of hydrogen-bond donors (Lipinski definition) is 0. The lowest BCUT2D eigenvalue weighted by atomic mass is 9.81. The van der Waals surface area contributed by atoms with Gasteiger partial charge in [-0.1, -0.05) is 369 Å². The number of hydrogen-bond acceptors (Lipinski definition) is 6. The molecule has 23 aromatic rings. The standard InChI is InChI=1S/C45H30N2.2C39H28N2/c1-45(2)40-26-30(20-22-36(40)39-23-27-11-3-4-12-28(27)25-41(39)45)44-46-42-18-10-9-17-37(42)43(47-44)29-19-21-35-33-15-6-5-13-31(33)32-14-7-8-16-34(32)38(35)24-29;1-39(2)33-24-29(20-21-31(33)32-22-27-16-9-10-17-28(27)23-34(32)39)30-18-11-19-35-38(30)41-37(26-14-7-4-8-15-26)36(40-35)25-12-5-3-6-13-25;1-39(2)33-23-29(17-19-31(33)32-21-27-15-9-10-16-28(27)22-34(32)39)30-18-20-35-36(24-30)41-38(26-13-7-4-8-14-26)37(40-35)25-11-5-3-6-12-25/h3-26H,1-2H3;2*3-24H,1-2H3. The zero-order valence-electron chi connectivity index (χ0n) is 72.4. The smallest absolute Gasteiger partial charge is 0.160 e. The van der Waals surface area contributed by atoms with Crippen LogP contribution in [0, 0.1) is 0 Å². The first kappa shape index (κ1) is 76.6. The summed E-state index contributed by atoms with van der Waals surface area (Å²) >= 11 is 0. The van der Waals surface area contributed by atoms with E-state index in [1.54, 1.807) is 0 Å². The third kappa shape index (κ3) is 12.8. The van der Waals surface area contributed by atoms with E-state index < -0.39 is 0 Å². The molecule has 608 valence electrons. The molecule has 0 N–H and O–H groups in total. The van der Waals surface area contributed by atoms with Gasteiger partial charge in [0.15, 0.2) is 5.82 Å². The Morgan fingerprint density at radius 2 is 0.488 bits per heavy atom. The Morgan fingerprint density at radius 1 is 0.155 bits per heavy atom. The van der Waals surface area contributed by atoms with Crippen LogP contribution in [0.2, 0.25) is 0 Å². The molecule has 0 saturated heterocycles. The molecule has 0 fully saturated rings. The Morgan fingerprint density at radius 3 is 0.969 bits per heavy atom. The van der Waals surface area contributed by atoms with Crippen molar-refractivity contribution >= 4 is 97.6 Å². The molecule has 0 saturated carbocycles. The largest absolute Gasteiger partial charge is 0.244 e. The summed E-state index contributed by atoms with van der Waals surface area (Å²) in [4.78, 5) is 31.4. The summed E-state index contributed by atoms with van der Waals surface area (Å²) in [7, 11) is 0. The predicted octanol–water partition coefficient (Wildman–Crippen LogP) is 32.1. The zero-order valence-corrected chi connectivity index (χ0v) is 72.4. The summed E-state index contributed by atoms with van der Waals surface area (Å²) < 4.78 is 0. The molecule has 20 aromatic carbocycles. The van der Waals surface area contributed by atoms with Crippen LogP contribution < -0.4 is 0 Å². The third-order valence-corrected chi connectivity index (χ3v) is 27.7. The topological polar surface area (TPSA) is 77.3 Å². The molecule has 3 aliphatic rings. The van der Waals surface area contributed by atoms with E-state index in [0.717, 1.165) is 112 Å². The van der Waals surface area contributed by atoms with Crippen molar-refractivity contribution in [1.29, 1.82) is 0 Å². The molecule has 0 amide bonds. The van der Waals surface area contributed by atoms with Crippen LogP contribution in [-0.2, 0) is 16.2 Å². The van der Waals surface area contributed by atoms with Gasteiger partial charge in [0, 0.05) is 60.6 Å². The number of nitrogens with zero attached hydrogens (tertiary/aromatic N) is 6. The fourth-order valence-electron chi connectivity index (χ4n) is 21.0. The molecule has 3 aromatic heterocycles. The number of benzene rings is 20. The Kier molecular flexibility index (Phi) is 17.9. The van der Waals surface area contributed by atoms with Gasteiger partial charge in [-0.2, -0.15) is 0 Å². The first-order valence-corrected chi connectivity index (χ1v) is 44.7. The van der Waals surface area contributed by atoms with E-state index >= 15 is 0 Å². The highest BCUT2D eigenvalue weighted by molar-refractivity contribution is 6.26. The van der Waals surface area contributed by atoms with Gasteiger partial charge >= 0.3 is 0 Å². The number of rotatable bonds is 8. The third-order valence-electron chi connectivity index (χ3n) is 27.7. The van der Waals surface area contributed by atoms with Gasteiger partial charge in [-0.25, -0.2) is 29.9 Å². The average Bonchev–Trinajstić information content (AvgIpc) is 1.72. The number of aromatic nitrogens is 6. The lowest BCUT2D eigenvalue weighted by molar-refractivity contribution is 0.661. The van der Waals surface area contributed by atoms with Gasteiger partial charge in [-0.05, 0) is 233 Å². The monoisotopic (exact) mass is 1650 g/mol. The maximum atomic E-state index is 5.35. The van der Waals surface area contributed by atoms with Crippen molar-refractivity contribution in [3.05, 3.63) is 446 Å². The summed E-state index contributed by atoms with van der Waals surface area (Å²) in [5.74, 6) is 0.752. The minimum absolute atomic E-state index is 0.0770. The normalized spacial score (nSPS) is 13.4. The fraction of sp³-hybridized carbons (Fsp3) is 0.0732. The first-order valence-electron chi connectivity index (χ1n) is 44.7. The van der Waals surface area contributed by atoms with Crippen LogP contribution in [0.25, 0.3) is 221 Å². The highest BCUT2D eigenvalue weighted by Crippen LogP contribution is 2.55. The van der Waals surface area contributed by atoms with Gasteiger partial charge < -0.3 is 0 Å². The van der Waals surface area contributed by atoms with Crippen molar-refractivity contribution in [2.75, 3.05) is 0 Å². The molecule has 26 rings (SSSR count). The van der Waals surface area contributed by atoms with Crippen molar-refractivity contribution in [2.24, 2.45) is 0 Å². The van der Waals surface area contributed by atoms with E-state index in [0.29, 0.717) is 0 Å². The molecule has 6 nitrogen and oxygen atoms in total. The molecule has 6 heteroatoms. The summed E-state index contributed by atoms with van der Waals surface area (Å²) in [6.45, 7) is 14.1. The van der Waals surface area contributed by atoms with E-state index in [1.165, 1.54) is 143 Å². The molecule has 3 heterocycles. The first-order chi connectivity index (χ1) is 63.2. The Balaban J connectivity index is 0.000000108. The quantitative estimate of drug-likeness (QED) is 0.141. The van der Waals surface area contributed by atoms with Crippen molar-refractivity contribution in [3.63, 3.8) is 0 Å². The predicted molar refractivity (Wildman–Crippen MR) is 540 cm³/mol. The molecule has 0 aliphatic heterocycles. The van der Waals surface area contributed by atoms with E-state index in [1.807, 2.05) is 24.3 Å². The van der Waals surface area contributed by atoms with Crippen LogP contribution in [0.4, 0.5) is 0 Å².